The van der Waals surface area contributed by atoms with Crippen LogP contribution in [0.5, 0.6) is 0 Å². The zero-order chi connectivity index (χ0) is 13.0. The number of rotatable bonds is 3. The van der Waals surface area contributed by atoms with Crippen molar-refractivity contribution in [3.63, 3.8) is 0 Å². The third-order valence-corrected chi connectivity index (χ3v) is 2.55. The van der Waals surface area contributed by atoms with Crippen LogP contribution in [-0.4, -0.2) is 4.98 Å². The van der Waals surface area contributed by atoms with E-state index in [-0.39, 0.29) is 0 Å². The third-order valence-electron chi connectivity index (χ3n) is 2.55. The molecule has 4 heteroatoms. The quantitative estimate of drug-likeness (QED) is 0.862. The lowest BCUT2D eigenvalue weighted by Crippen LogP contribution is -1.99. The maximum absolute atomic E-state index is 8.59. The van der Waals surface area contributed by atoms with E-state index in [2.05, 4.69) is 16.4 Å². The van der Waals surface area contributed by atoms with Gasteiger partial charge < -0.3 is 11.1 Å². The molecule has 0 saturated heterocycles. The van der Waals surface area contributed by atoms with Crippen LogP contribution in [0.25, 0.3) is 0 Å². The van der Waals surface area contributed by atoms with Gasteiger partial charge in [0, 0.05) is 11.9 Å². The van der Waals surface area contributed by atoms with E-state index in [9.17, 15) is 0 Å². The van der Waals surface area contributed by atoms with Crippen molar-refractivity contribution in [3.8, 4) is 6.07 Å². The van der Waals surface area contributed by atoms with Crippen LogP contribution in [0.4, 0.5) is 17.2 Å². The van der Waals surface area contributed by atoms with Gasteiger partial charge in [-0.25, -0.2) is 4.98 Å². The lowest BCUT2D eigenvalue weighted by atomic mass is 10.1. The van der Waals surface area contributed by atoms with Crippen molar-refractivity contribution in [1.82, 2.24) is 4.98 Å². The van der Waals surface area contributed by atoms with Gasteiger partial charge in [-0.15, -0.1) is 0 Å². The molecule has 0 unspecified atom stereocenters. The number of aromatic nitrogens is 1. The second kappa shape index (κ2) is 5.19. The number of nitrogens with one attached hydrogen (secondary N) is 1. The number of nitriles is 1. The van der Waals surface area contributed by atoms with Crippen LogP contribution in [-0.2, 0) is 6.42 Å². The average molecular weight is 238 g/mol. The topological polar surface area (TPSA) is 74.7 Å². The minimum Gasteiger partial charge on any atom is -0.396 e. The van der Waals surface area contributed by atoms with Gasteiger partial charge in [-0.1, -0.05) is 12.1 Å². The highest BCUT2D eigenvalue weighted by Gasteiger charge is 2.01. The molecule has 0 fully saturated rings. The molecule has 0 amide bonds. The smallest absolute Gasteiger partial charge is 0.153 e. The van der Waals surface area contributed by atoms with Gasteiger partial charge in [0.05, 0.1) is 18.2 Å². The van der Waals surface area contributed by atoms with Gasteiger partial charge in [-0.3, -0.25) is 0 Å². The molecule has 1 aromatic carbocycles. The molecule has 0 radical (unpaired) electrons. The van der Waals surface area contributed by atoms with Crippen molar-refractivity contribution < 1.29 is 0 Å². The van der Waals surface area contributed by atoms with Gasteiger partial charge in [0.2, 0.25) is 0 Å². The standard InChI is InChI=1S/C14H14N4/c1-10-8-13(16)14(17-9-10)18-12-4-2-11(3-5-12)6-7-15/h2-5,8-9H,6,16H2,1H3,(H,17,18). The first-order chi connectivity index (χ1) is 8.69. The van der Waals surface area contributed by atoms with Crippen LogP contribution in [0, 0.1) is 18.3 Å². The van der Waals surface area contributed by atoms with Crippen LogP contribution >= 0.6 is 0 Å². The molecule has 0 aliphatic rings. The Kier molecular flexibility index (Phi) is 3.44. The molecule has 0 aliphatic carbocycles. The van der Waals surface area contributed by atoms with E-state index in [1.54, 1.807) is 6.20 Å². The van der Waals surface area contributed by atoms with Crippen molar-refractivity contribution in [2.45, 2.75) is 13.3 Å². The predicted molar refractivity (Wildman–Crippen MR) is 72.4 cm³/mol. The van der Waals surface area contributed by atoms with E-state index in [0.29, 0.717) is 17.9 Å². The number of pyridine rings is 1. The number of nitrogen functional groups attached to an aromatic ring is 1. The summed E-state index contributed by atoms with van der Waals surface area (Å²) in [4.78, 5) is 4.24. The summed E-state index contributed by atoms with van der Waals surface area (Å²) >= 11 is 0. The number of nitrogens with zero attached hydrogens (tertiary/aromatic N) is 2. The monoisotopic (exact) mass is 238 g/mol. The van der Waals surface area contributed by atoms with E-state index >= 15 is 0 Å². The van der Waals surface area contributed by atoms with E-state index in [1.807, 2.05) is 37.3 Å². The summed E-state index contributed by atoms with van der Waals surface area (Å²) in [6, 6.07) is 11.6. The molecule has 0 bridgehead atoms. The van der Waals surface area contributed by atoms with Crippen molar-refractivity contribution in [3.05, 3.63) is 47.7 Å². The summed E-state index contributed by atoms with van der Waals surface area (Å²) in [5.41, 5.74) is 9.43. The lowest BCUT2D eigenvalue weighted by molar-refractivity contribution is 1.25. The fourth-order valence-electron chi connectivity index (χ4n) is 1.63. The molecule has 1 heterocycles. The highest BCUT2D eigenvalue weighted by molar-refractivity contribution is 5.68. The van der Waals surface area contributed by atoms with Crippen molar-refractivity contribution in [2.75, 3.05) is 11.1 Å². The van der Waals surface area contributed by atoms with E-state index in [4.69, 9.17) is 11.0 Å². The fourth-order valence-corrected chi connectivity index (χ4v) is 1.63. The van der Waals surface area contributed by atoms with E-state index in [1.165, 1.54) is 0 Å². The SMILES string of the molecule is Cc1cnc(Nc2ccc(CC#N)cc2)c(N)c1. The van der Waals surface area contributed by atoms with Gasteiger partial charge in [0.15, 0.2) is 5.82 Å². The number of hydrogen-bond donors (Lipinski definition) is 2. The first kappa shape index (κ1) is 11.9. The minimum absolute atomic E-state index is 0.422. The summed E-state index contributed by atoms with van der Waals surface area (Å²) in [7, 11) is 0. The average Bonchev–Trinajstić information content (AvgIpc) is 2.35. The minimum atomic E-state index is 0.422. The van der Waals surface area contributed by atoms with E-state index in [0.717, 1.165) is 16.8 Å². The Hall–Kier alpha value is -2.54. The van der Waals surface area contributed by atoms with Crippen LogP contribution in [0.15, 0.2) is 36.5 Å². The Bertz CT molecular complexity index is 582. The number of benzene rings is 1. The number of aryl methyl sites for hydroxylation is 1. The van der Waals surface area contributed by atoms with Gasteiger partial charge in [0.1, 0.15) is 0 Å². The molecule has 1 aromatic heterocycles. The molecule has 3 N–H and O–H groups in total. The summed E-state index contributed by atoms with van der Waals surface area (Å²) in [5.74, 6) is 0.647. The van der Waals surface area contributed by atoms with Gasteiger partial charge in [-0.2, -0.15) is 5.26 Å². The fraction of sp³-hybridized carbons (Fsp3) is 0.143. The largest absolute Gasteiger partial charge is 0.396 e. The van der Waals surface area contributed by atoms with Crippen molar-refractivity contribution in [1.29, 1.82) is 5.26 Å². The molecule has 0 spiro atoms. The number of hydrogen-bond acceptors (Lipinski definition) is 4. The summed E-state index contributed by atoms with van der Waals surface area (Å²) in [6.45, 7) is 1.95. The second-order valence-corrected chi connectivity index (χ2v) is 4.11. The number of nitrogens with two attached hydrogens (primary N) is 1. The van der Waals surface area contributed by atoms with Crippen LogP contribution in [0.3, 0.4) is 0 Å². The molecule has 0 aliphatic heterocycles. The predicted octanol–water partition coefficient (Wildman–Crippen LogP) is 2.78. The summed E-state index contributed by atoms with van der Waals surface area (Å²) in [6.07, 6.45) is 2.19. The Morgan fingerprint density at radius 1 is 1.33 bits per heavy atom. The third kappa shape index (κ3) is 2.77. The highest BCUT2D eigenvalue weighted by Crippen LogP contribution is 2.21. The van der Waals surface area contributed by atoms with Crippen LogP contribution in [0.2, 0.25) is 0 Å². The molecule has 2 rings (SSSR count). The van der Waals surface area contributed by atoms with Crippen molar-refractivity contribution in [2.24, 2.45) is 0 Å². The maximum Gasteiger partial charge on any atom is 0.153 e. The van der Waals surface area contributed by atoms with Gasteiger partial charge >= 0.3 is 0 Å². The molecular formula is C14H14N4. The zero-order valence-electron chi connectivity index (χ0n) is 10.1. The Labute approximate surface area is 106 Å². The van der Waals surface area contributed by atoms with Crippen LogP contribution < -0.4 is 11.1 Å². The lowest BCUT2D eigenvalue weighted by Gasteiger charge is -2.09. The highest BCUT2D eigenvalue weighted by atomic mass is 15.0. The Balaban J connectivity index is 2.16. The Morgan fingerprint density at radius 2 is 2.06 bits per heavy atom. The summed E-state index contributed by atoms with van der Waals surface area (Å²) in [5, 5.41) is 11.7. The van der Waals surface area contributed by atoms with E-state index < -0.39 is 0 Å². The number of anilines is 3. The molecular weight excluding hydrogens is 224 g/mol. The van der Waals surface area contributed by atoms with Gasteiger partial charge in [-0.05, 0) is 36.2 Å². The second-order valence-electron chi connectivity index (χ2n) is 4.11. The first-order valence-corrected chi connectivity index (χ1v) is 5.64. The molecule has 18 heavy (non-hydrogen) atoms. The molecule has 0 atom stereocenters. The Morgan fingerprint density at radius 3 is 2.67 bits per heavy atom. The molecule has 4 nitrogen and oxygen atoms in total. The molecule has 2 aromatic rings. The normalized spacial score (nSPS) is 9.78. The zero-order valence-corrected chi connectivity index (χ0v) is 10.1. The molecule has 0 saturated carbocycles. The summed E-state index contributed by atoms with van der Waals surface area (Å²) < 4.78 is 0. The van der Waals surface area contributed by atoms with Crippen molar-refractivity contribution >= 4 is 17.2 Å². The first-order valence-electron chi connectivity index (χ1n) is 5.64. The van der Waals surface area contributed by atoms with Gasteiger partial charge in [0.25, 0.3) is 0 Å². The van der Waals surface area contributed by atoms with Crippen LogP contribution in [0.1, 0.15) is 11.1 Å². The molecule has 90 valence electrons. The maximum atomic E-state index is 8.59.